The van der Waals surface area contributed by atoms with Crippen LogP contribution in [0.25, 0.3) is 0 Å². The van der Waals surface area contributed by atoms with Gasteiger partial charge in [0.15, 0.2) is 0 Å². The maximum atomic E-state index is 6.26. The molecule has 1 rings (SSSR count). The highest BCUT2D eigenvalue weighted by molar-refractivity contribution is 9.10. The van der Waals surface area contributed by atoms with E-state index in [1.165, 1.54) is 12.0 Å². The molecule has 1 nitrogen and oxygen atoms in total. The number of benzene rings is 1. The monoisotopic (exact) mass is 317 g/mol. The van der Waals surface area contributed by atoms with Gasteiger partial charge in [-0.2, -0.15) is 0 Å². The van der Waals surface area contributed by atoms with Crippen molar-refractivity contribution in [2.24, 2.45) is 5.92 Å². The number of rotatable bonds is 6. The summed E-state index contributed by atoms with van der Waals surface area (Å²) in [5.41, 5.74) is 1.24. The molecule has 1 aromatic rings. The Morgan fingerprint density at radius 3 is 2.59 bits per heavy atom. The average molecular weight is 319 g/mol. The predicted octanol–water partition coefficient (Wildman–Crippen LogP) is 4.67. The Labute approximate surface area is 118 Å². The van der Waals surface area contributed by atoms with Gasteiger partial charge in [-0.3, -0.25) is 0 Å². The molecule has 0 spiro atoms. The molecule has 3 heteroatoms. The fraction of sp³-hybridized carbons (Fsp3) is 0.571. The van der Waals surface area contributed by atoms with Crippen LogP contribution in [-0.2, 0) is 6.42 Å². The van der Waals surface area contributed by atoms with Gasteiger partial charge in [0, 0.05) is 15.5 Å². The Hall–Kier alpha value is -0.0500. The number of hydrogen-bond acceptors (Lipinski definition) is 1. The Morgan fingerprint density at radius 2 is 2.06 bits per heavy atom. The van der Waals surface area contributed by atoms with Crippen molar-refractivity contribution in [2.75, 3.05) is 6.54 Å². The van der Waals surface area contributed by atoms with Gasteiger partial charge in [0.25, 0.3) is 0 Å². The van der Waals surface area contributed by atoms with Crippen LogP contribution in [0.2, 0.25) is 5.02 Å². The SMILES string of the molecule is CCNC(C)C(CC)Cc1ccc(Br)cc1Cl. The van der Waals surface area contributed by atoms with E-state index in [2.05, 4.69) is 54.2 Å². The zero-order chi connectivity index (χ0) is 12.8. The van der Waals surface area contributed by atoms with Gasteiger partial charge in [0.1, 0.15) is 0 Å². The molecule has 2 unspecified atom stereocenters. The minimum Gasteiger partial charge on any atom is -0.314 e. The van der Waals surface area contributed by atoms with Crippen molar-refractivity contribution in [3.8, 4) is 0 Å². The highest BCUT2D eigenvalue weighted by Crippen LogP contribution is 2.25. The largest absolute Gasteiger partial charge is 0.314 e. The summed E-state index contributed by atoms with van der Waals surface area (Å²) < 4.78 is 1.04. The third-order valence-electron chi connectivity index (χ3n) is 3.25. The first kappa shape index (κ1) is 15.0. The Kier molecular flexibility index (Phi) is 6.53. The molecule has 1 N–H and O–H groups in total. The van der Waals surface area contributed by atoms with Crippen molar-refractivity contribution < 1.29 is 0 Å². The summed E-state index contributed by atoms with van der Waals surface area (Å²) in [6, 6.07) is 6.69. The van der Waals surface area contributed by atoms with Crippen molar-refractivity contribution in [3.05, 3.63) is 33.3 Å². The molecule has 1 aromatic carbocycles. The molecule has 0 heterocycles. The van der Waals surface area contributed by atoms with Crippen LogP contribution in [0.5, 0.6) is 0 Å². The Morgan fingerprint density at radius 1 is 1.35 bits per heavy atom. The molecule has 2 atom stereocenters. The smallest absolute Gasteiger partial charge is 0.0449 e. The van der Waals surface area contributed by atoms with E-state index in [1.807, 2.05) is 6.07 Å². The fourth-order valence-electron chi connectivity index (χ4n) is 2.13. The van der Waals surface area contributed by atoms with Crippen molar-refractivity contribution in [1.82, 2.24) is 5.32 Å². The summed E-state index contributed by atoms with van der Waals surface area (Å²) in [5.74, 6) is 0.633. The maximum Gasteiger partial charge on any atom is 0.0449 e. The Balaban J connectivity index is 2.73. The molecule has 0 aliphatic rings. The molecule has 0 radical (unpaired) electrons. The van der Waals surface area contributed by atoms with E-state index in [0.29, 0.717) is 12.0 Å². The highest BCUT2D eigenvalue weighted by Gasteiger charge is 2.16. The second-order valence-electron chi connectivity index (χ2n) is 4.45. The van der Waals surface area contributed by atoms with Crippen LogP contribution < -0.4 is 5.32 Å². The first-order valence-corrected chi connectivity index (χ1v) is 7.42. The quantitative estimate of drug-likeness (QED) is 0.803. The normalized spacial score (nSPS) is 14.6. The molecule has 0 aliphatic carbocycles. The summed E-state index contributed by atoms with van der Waals surface area (Å²) >= 11 is 9.70. The topological polar surface area (TPSA) is 12.0 Å². The summed E-state index contributed by atoms with van der Waals surface area (Å²) in [6.45, 7) is 7.66. The van der Waals surface area contributed by atoms with E-state index < -0.39 is 0 Å². The average Bonchev–Trinajstić information content (AvgIpc) is 2.28. The molecule has 0 fully saturated rings. The molecular weight excluding hydrogens is 298 g/mol. The lowest BCUT2D eigenvalue weighted by Crippen LogP contribution is -2.34. The fourth-order valence-corrected chi connectivity index (χ4v) is 2.88. The number of halogens is 2. The van der Waals surface area contributed by atoms with Crippen LogP contribution in [0.1, 0.15) is 32.8 Å². The van der Waals surface area contributed by atoms with Crippen molar-refractivity contribution in [2.45, 2.75) is 39.7 Å². The van der Waals surface area contributed by atoms with Gasteiger partial charge in [-0.1, -0.05) is 53.9 Å². The lowest BCUT2D eigenvalue weighted by atomic mass is 9.91. The molecule has 0 bridgehead atoms. The van der Waals surface area contributed by atoms with Crippen LogP contribution in [0.4, 0.5) is 0 Å². The van der Waals surface area contributed by atoms with E-state index in [9.17, 15) is 0 Å². The summed E-state index contributed by atoms with van der Waals surface area (Å²) in [4.78, 5) is 0. The van der Waals surface area contributed by atoms with Crippen LogP contribution in [0, 0.1) is 5.92 Å². The third kappa shape index (κ3) is 4.61. The van der Waals surface area contributed by atoms with Gasteiger partial charge in [-0.15, -0.1) is 0 Å². The van der Waals surface area contributed by atoms with Crippen molar-refractivity contribution in [3.63, 3.8) is 0 Å². The molecule has 17 heavy (non-hydrogen) atoms. The maximum absolute atomic E-state index is 6.26. The second-order valence-corrected chi connectivity index (χ2v) is 5.78. The molecule has 0 aromatic heterocycles. The number of nitrogens with one attached hydrogen (secondary N) is 1. The van der Waals surface area contributed by atoms with Gasteiger partial charge in [-0.05, 0) is 43.5 Å². The third-order valence-corrected chi connectivity index (χ3v) is 4.10. The second kappa shape index (κ2) is 7.40. The lowest BCUT2D eigenvalue weighted by molar-refractivity contribution is 0.368. The number of hydrogen-bond donors (Lipinski definition) is 1. The first-order valence-electron chi connectivity index (χ1n) is 6.25. The molecule has 0 amide bonds. The van der Waals surface area contributed by atoms with Gasteiger partial charge < -0.3 is 5.32 Å². The van der Waals surface area contributed by atoms with E-state index >= 15 is 0 Å². The van der Waals surface area contributed by atoms with E-state index in [0.717, 1.165) is 22.5 Å². The molecular formula is C14H21BrClN. The zero-order valence-corrected chi connectivity index (χ0v) is 13.1. The van der Waals surface area contributed by atoms with Crippen molar-refractivity contribution >= 4 is 27.5 Å². The Bertz CT molecular complexity index is 354. The van der Waals surface area contributed by atoms with Crippen LogP contribution >= 0.6 is 27.5 Å². The van der Waals surface area contributed by atoms with E-state index in [1.54, 1.807) is 0 Å². The van der Waals surface area contributed by atoms with E-state index in [4.69, 9.17) is 11.6 Å². The van der Waals surface area contributed by atoms with Gasteiger partial charge in [0.05, 0.1) is 0 Å². The molecule has 0 aliphatic heterocycles. The standard InChI is InChI=1S/C14H21BrClN/c1-4-11(10(3)17-5-2)8-12-6-7-13(15)9-14(12)16/h6-7,9-11,17H,4-5,8H2,1-3H3. The van der Waals surface area contributed by atoms with Crippen LogP contribution in [-0.4, -0.2) is 12.6 Å². The van der Waals surface area contributed by atoms with Gasteiger partial charge in [0.2, 0.25) is 0 Å². The van der Waals surface area contributed by atoms with Crippen LogP contribution in [0.3, 0.4) is 0 Å². The molecule has 0 saturated carbocycles. The minimum absolute atomic E-state index is 0.532. The lowest BCUT2D eigenvalue weighted by Gasteiger charge is -2.24. The van der Waals surface area contributed by atoms with Crippen LogP contribution in [0.15, 0.2) is 22.7 Å². The predicted molar refractivity (Wildman–Crippen MR) is 79.8 cm³/mol. The summed E-state index contributed by atoms with van der Waals surface area (Å²) in [6.07, 6.45) is 2.21. The first-order chi connectivity index (χ1) is 8.08. The minimum atomic E-state index is 0.532. The van der Waals surface area contributed by atoms with Crippen molar-refractivity contribution in [1.29, 1.82) is 0 Å². The summed E-state index contributed by atoms with van der Waals surface area (Å²) in [7, 11) is 0. The van der Waals surface area contributed by atoms with E-state index in [-0.39, 0.29) is 0 Å². The summed E-state index contributed by atoms with van der Waals surface area (Å²) in [5, 5.41) is 4.36. The van der Waals surface area contributed by atoms with Gasteiger partial charge >= 0.3 is 0 Å². The molecule has 96 valence electrons. The van der Waals surface area contributed by atoms with Gasteiger partial charge in [-0.25, -0.2) is 0 Å². The highest BCUT2D eigenvalue weighted by atomic mass is 79.9. The molecule has 0 saturated heterocycles. The zero-order valence-electron chi connectivity index (χ0n) is 10.8.